The smallest absolute Gasteiger partial charge is 0.490 e. The fourth-order valence-electron chi connectivity index (χ4n) is 2.27. The summed E-state index contributed by atoms with van der Waals surface area (Å²) < 4.78 is 22.0. The zero-order chi connectivity index (χ0) is 18.7. The van der Waals surface area contributed by atoms with Crippen LogP contribution in [0, 0.1) is 0 Å². The van der Waals surface area contributed by atoms with Gasteiger partial charge in [0.25, 0.3) is 0 Å². The van der Waals surface area contributed by atoms with Crippen LogP contribution in [0.3, 0.4) is 0 Å². The van der Waals surface area contributed by atoms with E-state index in [0.29, 0.717) is 17.2 Å². The molecule has 0 aliphatic rings. The molecule has 0 aliphatic carbocycles. The molecule has 0 fully saturated rings. The largest absolute Gasteiger partial charge is 0.514 e. The molecule has 138 valence electrons. The first-order chi connectivity index (χ1) is 13.3. The van der Waals surface area contributed by atoms with Crippen LogP contribution in [0.4, 0.5) is 4.79 Å². The molecule has 0 radical (unpaired) electrons. The van der Waals surface area contributed by atoms with Crippen LogP contribution in [0.15, 0.2) is 91.0 Å². The molecule has 27 heavy (non-hydrogen) atoms. The van der Waals surface area contributed by atoms with Gasteiger partial charge in [-0.05, 0) is 36.4 Å². The molecule has 0 heterocycles. The number of hydrogen-bond donors (Lipinski definition) is 0. The van der Waals surface area contributed by atoms with Crippen LogP contribution >= 0.6 is 0 Å². The number of hydrogen-bond acceptors (Lipinski definition) is 5. The van der Waals surface area contributed by atoms with Gasteiger partial charge in [0.2, 0.25) is 0 Å². The first kappa shape index (κ1) is 18.3. The Bertz CT molecular complexity index is 762. The monoisotopic (exact) mass is 364 g/mol. The molecule has 3 aromatic carbocycles. The summed E-state index contributed by atoms with van der Waals surface area (Å²) in [5.41, 5.74) is 0. The van der Waals surface area contributed by atoms with Crippen molar-refractivity contribution >= 4 is 6.16 Å². The Morgan fingerprint density at radius 2 is 1.04 bits per heavy atom. The molecular weight excluding hydrogens is 344 g/mol. The molecule has 0 spiro atoms. The van der Waals surface area contributed by atoms with Crippen molar-refractivity contribution in [3.63, 3.8) is 0 Å². The lowest BCUT2D eigenvalue weighted by Crippen LogP contribution is -2.32. The molecule has 0 N–H and O–H groups in total. The van der Waals surface area contributed by atoms with Gasteiger partial charge in [0.15, 0.2) is 6.10 Å². The summed E-state index contributed by atoms with van der Waals surface area (Å²) in [7, 11) is 0. The Morgan fingerprint density at radius 3 is 1.48 bits per heavy atom. The highest BCUT2D eigenvalue weighted by molar-refractivity contribution is 5.63. The van der Waals surface area contributed by atoms with Gasteiger partial charge in [0, 0.05) is 0 Å². The Labute approximate surface area is 158 Å². The van der Waals surface area contributed by atoms with Crippen molar-refractivity contribution in [2.75, 3.05) is 13.2 Å². The van der Waals surface area contributed by atoms with Gasteiger partial charge in [-0.1, -0.05) is 54.6 Å². The van der Waals surface area contributed by atoms with Crippen molar-refractivity contribution in [3.8, 4) is 17.2 Å². The van der Waals surface area contributed by atoms with E-state index in [2.05, 4.69) is 0 Å². The molecule has 5 heteroatoms. The minimum Gasteiger partial charge on any atom is -0.490 e. The van der Waals surface area contributed by atoms with Gasteiger partial charge in [-0.2, -0.15) is 0 Å². The van der Waals surface area contributed by atoms with Gasteiger partial charge < -0.3 is 18.9 Å². The third-order valence-corrected chi connectivity index (χ3v) is 3.57. The molecule has 3 rings (SSSR count). The quantitative estimate of drug-likeness (QED) is 0.427. The van der Waals surface area contributed by atoms with Crippen molar-refractivity contribution in [3.05, 3.63) is 91.0 Å². The highest BCUT2D eigenvalue weighted by Crippen LogP contribution is 2.14. The maximum atomic E-state index is 12.1. The summed E-state index contributed by atoms with van der Waals surface area (Å²) in [5, 5.41) is 0. The van der Waals surface area contributed by atoms with Gasteiger partial charge in [-0.25, -0.2) is 4.79 Å². The second kappa shape index (κ2) is 9.87. The van der Waals surface area contributed by atoms with E-state index >= 15 is 0 Å². The summed E-state index contributed by atoms with van der Waals surface area (Å²) in [5.74, 6) is 1.78. The van der Waals surface area contributed by atoms with Crippen LogP contribution in [0.5, 0.6) is 17.2 Å². The molecular formula is C22H20O5. The Balaban J connectivity index is 1.58. The molecule has 5 nitrogen and oxygen atoms in total. The van der Waals surface area contributed by atoms with E-state index in [1.165, 1.54) is 0 Å². The van der Waals surface area contributed by atoms with E-state index in [9.17, 15) is 4.79 Å². The third-order valence-electron chi connectivity index (χ3n) is 3.57. The summed E-state index contributed by atoms with van der Waals surface area (Å²) in [6.45, 7) is 0.279. The standard InChI is InChI=1S/C22H20O5/c23-22(26-20-14-8-3-9-15-20)27-21(16-24-18-10-4-1-5-11-18)17-25-19-12-6-2-7-13-19/h1-15,21H,16-17H2. The fourth-order valence-corrected chi connectivity index (χ4v) is 2.27. The van der Waals surface area contributed by atoms with Crippen molar-refractivity contribution in [1.29, 1.82) is 0 Å². The molecule has 0 unspecified atom stereocenters. The number of ether oxygens (including phenoxy) is 4. The average Bonchev–Trinajstić information content (AvgIpc) is 2.72. The predicted octanol–water partition coefficient (Wildman–Crippen LogP) is 4.73. The lowest BCUT2D eigenvalue weighted by Gasteiger charge is -2.19. The Morgan fingerprint density at radius 1 is 0.630 bits per heavy atom. The molecule has 0 amide bonds. The molecule has 3 aromatic rings. The zero-order valence-electron chi connectivity index (χ0n) is 14.7. The number of para-hydroxylation sites is 3. The average molecular weight is 364 g/mol. The van der Waals surface area contributed by atoms with E-state index in [1.54, 1.807) is 24.3 Å². The van der Waals surface area contributed by atoms with Crippen molar-refractivity contribution in [2.45, 2.75) is 6.10 Å². The lowest BCUT2D eigenvalue weighted by molar-refractivity contribution is 0.0121. The van der Waals surface area contributed by atoms with Crippen LogP contribution < -0.4 is 14.2 Å². The van der Waals surface area contributed by atoms with Crippen molar-refractivity contribution in [1.82, 2.24) is 0 Å². The zero-order valence-corrected chi connectivity index (χ0v) is 14.7. The molecule has 0 saturated heterocycles. The van der Waals surface area contributed by atoms with Crippen LogP contribution in [0.2, 0.25) is 0 Å². The maximum Gasteiger partial charge on any atom is 0.514 e. The van der Waals surface area contributed by atoms with Gasteiger partial charge >= 0.3 is 6.16 Å². The van der Waals surface area contributed by atoms with E-state index in [-0.39, 0.29) is 13.2 Å². The highest BCUT2D eigenvalue weighted by Gasteiger charge is 2.18. The van der Waals surface area contributed by atoms with Gasteiger partial charge in [0.05, 0.1) is 0 Å². The first-order valence-electron chi connectivity index (χ1n) is 8.59. The van der Waals surface area contributed by atoms with Crippen LogP contribution in [-0.4, -0.2) is 25.5 Å². The molecule has 0 bridgehead atoms. The number of rotatable bonds is 8. The molecule has 0 aromatic heterocycles. The van der Waals surface area contributed by atoms with Crippen LogP contribution in [0.1, 0.15) is 0 Å². The molecule has 0 atom stereocenters. The Hall–Kier alpha value is -3.47. The Kier molecular flexibility index (Phi) is 6.70. The van der Waals surface area contributed by atoms with Crippen LogP contribution in [0.25, 0.3) is 0 Å². The number of carbonyl (C=O) groups excluding carboxylic acids is 1. The van der Waals surface area contributed by atoms with E-state index in [1.807, 2.05) is 66.7 Å². The predicted molar refractivity (Wildman–Crippen MR) is 101 cm³/mol. The summed E-state index contributed by atoms with van der Waals surface area (Å²) in [4.78, 5) is 12.1. The SMILES string of the molecule is O=C(Oc1ccccc1)OC(COc1ccccc1)COc1ccccc1. The third kappa shape index (κ3) is 6.40. The van der Waals surface area contributed by atoms with Gasteiger partial charge in [-0.15, -0.1) is 0 Å². The highest BCUT2D eigenvalue weighted by atomic mass is 16.7. The van der Waals surface area contributed by atoms with Gasteiger partial charge in [-0.3, -0.25) is 0 Å². The number of carbonyl (C=O) groups is 1. The topological polar surface area (TPSA) is 54.0 Å². The first-order valence-corrected chi connectivity index (χ1v) is 8.59. The van der Waals surface area contributed by atoms with Crippen molar-refractivity contribution in [2.24, 2.45) is 0 Å². The second-order valence-electron chi connectivity index (χ2n) is 5.65. The molecule has 0 aliphatic heterocycles. The summed E-state index contributed by atoms with van der Waals surface area (Å²) in [6, 6.07) is 27.3. The summed E-state index contributed by atoms with van der Waals surface area (Å²) >= 11 is 0. The van der Waals surface area contributed by atoms with E-state index in [4.69, 9.17) is 18.9 Å². The minimum absolute atomic E-state index is 0.140. The fraction of sp³-hybridized carbons (Fsp3) is 0.136. The van der Waals surface area contributed by atoms with Crippen molar-refractivity contribution < 1.29 is 23.7 Å². The number of benzene rings is 3. The van der Waals surface area contributed by atoms with Crippen LogP contribution in [-0.2, 0) is 4.74 Å². The normalized spacial score (nSPS) is 10.3. The maximum absolute atomic E-state index is 12.1. The second-order valence-corrected chi connectivity index (χ2v) is 5.65. The van der Waals surface area contributed by atoms with Gasteiger partial charge in [0.1, 0.15) is 30.5 Å². The summed E-state index contributed by atoms with van der Waals surface area (Å²) in [6.07, 6.45) is -1.44. The lowest BCUT2D eigenvalue weighted by atomic mass is 10.3. The molecule has 0 saturated carbocycles. The minimum atomic E-state index is -0.806. The van der Waals surface area contributed by atoms with E-state index in [0.717, 1.165) is 0 Å². The van der Waals surface area contributed by atoms with E-state index < -0.39 is 12.3 Å².